The summed E-state index contributed by atoms with van der Waals surface area (Å²) in [7, 11) is 0. The van der Waals surface area contributed by atoms with Gasteiger partial charge in [-0.2, -0.15) is 0 Å². The lowest BCUT2D eigenvalue weighted by Gasteiger charge is -2.25. The number of pyridine rings is 1. The van der Waals surface area contributed by atoms with Gasteiger partial charge < -0.3 is 9.32 Å². The minimum absolute atomic E-state index is 0.102. The Bertz CT molecular complexity index is 1300. The molecular formula is C24H17ClN2O3. The first-order chi connectivity index (χ1) is 14.6. The fourth-order valence-electron chi connectivity index (χ4n) is 4.01. The number of nitrogens with zero attached hydrogens (tertiary/aromatic N) is 2. The molecule has 5 rings (SSSR count). The van der Waals surface area contributed by atoms with Crippen molar-refractivity contribution in [3.8, 4) is 0 Å². The van der Waals surface area contributed by atoms with Crippen LogP contribution in [0.5, 0.6) is 0 Å². The monoisotopic (exact) mass is 416 g/mol. The molecule has 30 heavy (non-hydrogen) atoms. The Balaban J connectivity index is 1.65. The number of amides is 1. The SMILES string of the molecule is O=C1c2oc3ccc(Cl)cc3c(=O)c2[C@@H](c2ccncc2)N1CCc1ccccc1. The van der Waals surface area contributed by atoms with Crippen molar-refractivity contribution in [3.05, 3.63) is 111 Å². The number of rotatable bonds is 4. The van der Waals surface area contributed by atoms with E-state index in [1.165, 1.54) is 0 Å². The van der Waals surface area contributed by atoms with Crippen molar-refractivity contribution in [2.24, 2.45) is 0 Å². The number of aromatic nitrogens is 1. The second-order valence-corrected chi connectivity index (χ2v) is 7.67. The third-order valence-electron chi connectivity index (χ3n) is 5.43. The largest absolute Gasteiger partial charge is 0.450 e. The van der Waals surface area contributed by atoms with Gasteiger partial charge in [0.2, 0.25) is 5.76 Å². The first-order valence-corrected chi connectivity index (χ1v) is 10.0. The molecule has 1 atom stereocenters. The van der Waals surface area contributed by atoms with Crippen LogP contribution in [-0.4, -0.2) is 22.3 Å². The highest BCUT2D eigenvalue weighted by atomic mass is 35.5. The second kappa shape index (κ2) is 7.43. The van der Waals surface area contributed by atoms with Gasteiger partial charge in [0.1, 0.15) is 5.58 Å². The van der Waals surface area contributed by atoms with Crippen molar-refractivity contribution in [1.29, 1.82) is 0 Å². The molecule has 1 amide bonds. The van der Waals surface area contributed by atoms with Crippen LogP contribution in [0.15, 0.2) is 82.3 Å². The van der Waals surface area contributed by atoms with Crippen molar-refractivity contribution in [2.45, 2.75) is 12.5 Å². The van der Waals surface area contributed by atoms with Crippen molar-refractivity contribution in [3.63, 3.8) is 0 Å². The molecule has 5 nitrogen and oxygen atoms in total. The Labute approximate surface area is 177 Å². The summed E-state index contributed by atoms with van der Waals surface area (Å²) in [5.41, 5.74) is 2.42. The normalized spacial score (nSPS) is 15.6. The lowest BCUT2D eigenvalue weighted by Crippen LogP contribution is -2.31. The van der Waals surface area contributed by atoms with E-state index >= 15 is 0 Å². The third-order valence-corrected chi connectivity index (χ3v) is 5.67. The summed E-state index contributed by atoms with van der Waals surface area (Å²) in [6.45, 7) is 0.455. The van der Waals surface area contributed by atoms with Gasteiger partial charge in [-0.3, -0.25) is 14.6 Å². The Morgan fingerprint density at radius 1 is 1.00 bits per heavy atom. The molecule has 0 radical (unpaired) electrons. The number of fused-ring (bicyclic) bond motifs is 2. The fourth-order valence-corrected chi connectivity index (χ4v) is 4.18. The summed E-state index contributed by atoms with van der Waals surface area (Å²) in [6, 6.07) is 17.9. The first-order valence-electron chi connectivity index (χ1n) is 9.64. The predicted molar refractivity (Wildman–Crippen MR) is 115 cm³/mol. The quantitative estimate of drug-likeness (QED) is 0.486. The molecule has 1 aliphatic heterocycles. The van der Waals surface area contributed by atoms with E-state index in [9.17, 15) is 9.59 Å². The lowest BCUT2D eigenvalue weighted by molar-refractivity contribution is 0.0730. The van der Waals surface area contributed by atoms with Gasteiger partial charge in [-0.1, -0.05) is 41.9 Å². The molecule has 148 valence electrons. The number of hydrogen-bond acceptors (Lipinski definition) is 4. The molecule has 4 aromatic rings. The highest BCUT2D eigenvalue weighted by molar-refractivity contribution is 6.31. The van der Waals surface area contributed by atoms with Crippen molar-refractivity contribution >= 4 is 28.5 Å². The van der Waals surface area contributed by atoms with E-state index in [0.717, 1.165) is 11.1 Å². The smallest absolute Gasteiger partial charge is 0.290 e. The van der Waals surface area contributed by atoms with Crippen LogP contribution in [0.25, 0.3) is 11.0 Å². The van der Waals surface area contributed by atoms with Gasteiger partial charge in [0.25, 0.3) is 5.91 Å². The fraction of sp³-hybridized carbons (Fsp3) is 0.125. The molecule has 6 heteroatoms. The lowest BCUT2D eigenvalue weighted by atomic mass is 9.99. The van der Waals surface area contributed by atoms with Gasteiger partial charge in [0.15, 0.2) is 5.43 Å². The summed E-state index contributed by atoms with van der Waals surface area (Å²) < 4.78 is 5.92. The standard InChI is InChI=1S/C24H17ClN2O3/c25-17-6-7-19-18(14-17)22(28)20-21(16-8-11-26-12-9-16)27(24(29)23(20)30-19)13-10-15-4-2-1-3-5-15/h1-9,11-12,14,21H,10,13H2/t21-/m1/s1. The van der Waals surface area contributed by atoms with Gasteiger partial charge in [0.05, 0.1) is 17.0 Å². The summed E-state index contributed by atoms with van der Waals surface area (Å²) in [5.74, 6) is -0.179. The van der Waals surface area contributed by atoms with Crippen LogP contribution < -0.4 is 5.43 Å². The molecule has 0 N–H and O–H groups in total. The number of halogens is 1. The van der Waals surface area contributed by atoms with E-state index in [1.807, 2.05) is 42.5 Å². The number of carbonyl (C=O) groups excluding carboxylic acids is 1. The van der Waals surface area contributed by atoms with Gasteiger partial charge in [0, 0.05) is 24.0 Å². The van der Waals surface area contributed by atoms with Crippen LogP contribution in [0, 0.1) is 0 Å². The molecule has 0 bridgehead atoms. The molecule has 2 aromatic heterocycles. The zero-order chi connectivity index (χ0) is 20.7. The Kier molecular flexibility index (Phi) is 4.60. The average molecular weight is 417 g/mol. The number of carbonyl (C=O) groups is 1. The summed E-state index contributed by atoms with van der Waals surface area (Å²) >= 11 is 6.10. The van der Waals surface area contributed by atoms with Crippen LogP contribution >= 0.6 is 11.6 Å². The number of hydrogen-bond donors (Lipinski definition) is 0. The molecule has 0 spiro atoms. The predicted octanol–water partition coefficient (Wildman–Crippen LogP) is 4.63. The molecule has 0 saturated heterocycles. The third kappa shape index (κ3) is 3.08. The topological polar surface area (TPSA) is 63.4 Å². The zero-order valence-corrected chi connectivity index (χ0v) is 16.7. The molecular weight excluding hydrogens is 400 g/mol. The summed E-state index contributed by atoms with van der Waals surface area (Å²) in [5, 5.41) is 0.818. The van der Waals surface area contributed by atoms with Gasteiger partial charge in [-0.15, -0.1) is 0 Å². The van der Waals surface area contributed by atoms with E-state index in [2.05, 4.69) is 4.98 Å². The summed E-state index contributed by atoms with van der Waals surface area (Å²) in [6.07, 6.45) is 3.99. The summed E-state index contributed by atoms with van der Waals surface area (Å²) in [4.78, 5) is 32.5. The number of benzene rings is 2. The Hall–Kier alpha value is -3.44. The van der Waals surface area contributed by atoms with Gasteiger partial charge >= 0.3 is 0 Å². The molecule has 2 aromatic carbocycles. The van der Waals surface area contributed by atoms with Crippen LogP contribution in [0.3, 0.4) is 0 Å². The van der Waals surface area contributed by atoms with Gasteiger partial charge in [-0.05, 0) is 47.9 Å². The highest BCUT2D eigenvalue weighted by Crippen LogP contribution is 2.38. The molecule has 0 saturated carbocycles. The highest BCUT2D eigenvalue weighted by Gasteiger charge is 2.42. The Morgan fingerprint density at radius 3 is 2.53 bits per heavy atom. The molecule has 0 fully saturated rings. The minimum atomic E-state index is -0.529. The van der Waals surface area contributed by atoms with Crippen molar-refractivity contribution in [1.82, 2.24) is 9.88 Å². The van der Waals surface area contributed by atoms with E-state index in [-0.39, 0.29) is 17.1 Å². The molecule has 3 heterocycles. The van der Waals surface area contributed by atoms with E-state index in [0.29, 0.717) is 34.5 Å². The maximum absolute atomic E-state index is 13.4. The van der Waals surface area contributed by atoms with Crippen LogP contribution in [0.1, 0.15) is 33.3 Å². The maximum atomic E-state index is 13.4. The van der Waals surface area contributed by atoms with Gasteiger partial charge in [-0.25, -0.2) is 0 Å². The molecule has 0 aliphatic carbocycles. The van der Waals surface area contributed by atoms with E-state index in [1.54, 1.807) is 35.5 Å². The molecule has 1 aliphatic rings. The average Bonchev–Trinajstić information content (AvgIpc) is 3.06. The second-order valence-electron chi connectivity index (χ2n) is 7.23. The van der Waals surface area contributed by atoms with Crippen LogP contribution in [0.4, 0.5) is 0 Å². The van der Waals surface area contributed by atoms with E-state index in [4.69, 9.17) is 16.0 Å². The van der Waals surface area contributed by atoms with Crippen molar-refractivity contribution in [2.75, 3.05) is 6.54 Å². The van der Waals surface area contributed by atoms with E-state index < -0.39 is 6.04 Å². The molecule has 0 unspecified atom stereocenters. The first kappa shape index (κ1) is 18.6. The zero-order valence-electron chi connectivity index (χ0n) is 15.9. The van der Waals surface area contributed by atoms with Crippen LogP contribution in [0.2, 0.25) is 5.02 Å². The van der Waals surface area contributed by atoms with Crippen LogP contribution in [-0.2, 0) is 6.42 Å². The van der Waals surface area contributed by atoms with Crippen molar-refractivity contribution < 1.29 is 9.21 Å². The maximum Gasteiger partial charge on any atom is 0.290 e. The Morgan fingerprint density at radius 2 is 1.77 bits per heavy atom. The minimum Gasteiger partial charge on any atom is -0.450 e.